The second-order valence-corrected chi connectivity index (χ2v) is 7.23. The summed E-state index contributed by atoms with van der Waals surface area (Å²) in [6, 6.07) is 7.29. The monoisotopic (exact) mass is 401 g/mol. The summed E-state index contributed by atoms with van der Waals surface area (Å²) in [5, 5.41) is 9.71. The van der Waals surface area contributed by atoms with Crippen LogP contribution >= 0.6 is 11.3 Å². The molecule has 2 aromatic rings. The van der Waals surface area contributed by atoms with E-state index in [2.05, 4.69) is 25.7 Å². The van der Waals surface area contributed by atoms with Gasteiger partial charge in [0.05, 0.1) is 31.0 Å². The Morgan fingerprint density at radius 3 is 2.82 bits per heavy atom. The van der Waals surface area contributed by atoms with Gasteiger partial charge in [0.25, 0.3) is 0 Å². The fourth-order valence-electron chi connectivity index (χ4n) is 2.72. The molecule has 3 rings (SSSR count). The van der Waals surface area contributed by atoms with Gasteiger partial charge < -0.3 is 15.0 Å². The van der Waals surface area contributed by atoms with Crippen molar-refractivity contribution in [2.75, 3.05) is 36.5 Å². The molecule has 9 heteroatoms. The van der Waals surface area contributed by atoms with E-state index in [0.29, 0.717) is 24.6 Å². The lowest BCUT2D eigenvalue weighted by Gasteiger charge is -2.26. The smallest absolute Gasteiger partial charge is 0.246 e. The van der Waals surface area contributed by atoms with Crippen molar-refractivity contribution in [3.05, 3.63) is 40.9 Å². The number of nitrogens with zero attached hydrogens (tertiary/aromatic N) is 3. The minimum atomic E-state index is -0.226. The number of anilines is 2. The molecule has 1 saturated heterocycles. The summed E-state index contributed by atoms with van der Waals surface area (Å²) in [4.78, 5) is 30.1. The van der Waals surface area contributed by atoms with Crippen LogP contribution in [0.3, 0.4) is 0 Å². The number of hydrogen-bond acceptors (Lipinski definition) is 7. The predicted molar refractivity (Wildman–Crippen MR) is 110 cm³/mol. The third-order valence-corrected chi connectivity index (χ3v) is 5.06. The van der Waals surface area contributed by atoms with Gasteiger partial charge in [-0.15, -0.1) is 11.3 Å². The number of rotatable bonds is 6. The molecule has 1 aromatic carbocycles. The number of carbonyl (C=O) groups is 2. The molecule has 0 radical (unpaired) electrons. The van der Waals surface area contributed by atoms with Crippen LogP contribution in [0.1, 0.15) is 25.1 Å². The van der Waals surface area contributed by atoms with Gasteiger partial charge in [0.1, 0.15) is 0 Å². The van der Waals surface area contributed by atoms with Crippen molar-refractivity contribution in [1.29, 1.82) is 0 Å². The van der Waals surface area contributed by atoms with Crippen molar-refractivity contribution >= 4 is 39.7 Å². The van der Waals surface area contributed by atoms with Crippen LogP contribution in [0, 0.1) is 0 Å². The number of thiazole rings is 1. The highest BCUT2D eigenvalue weighted by Crippen LogP contribution is 2.21. The summed E-state index contributed by atoms with van der Waals surface area (Å²) in [6.07, 6.45) is 0.170. The van der Waals surface area contributed by atoms with Crippen LogP contribution in [0.2, 0.25) is 0 Å². The quantitative estimate of drug-likeness (QED) is 0.570. The molecular formula is C19H23N5O3S. The Balaban J connectivity index is 1.56. The molecule has 2 amide bonds. The molecule has 2 heterocycles. The van der Waals surface area contributed by atoms with Crippen LogP contribution in [-0.4, -0.2) is 48.8 Å². The van der Waals surface area contributed by atoms with Gasteiger partial charge in [0.2, 0.25) is 11.8 Å². The normalized spacial score (nSPS) is 14.6. The second-order valence-electron chi connectivity index (χ2n) is 6.39. The zero-order valence-electron chi connectivity index (χ0n) is 15.9. The maximum atomic E-state index is 12.2. The van der Waals surface area contributed by atoms with Crippen molar-refractivity contribution in [2.45, 2.75) is 20.3 Å². The maximum Gasteiger partial charge on any atom is 0.246 e. The van der Waals surface area contributed by atoms with E-state index in [1.165, 1.54) is 18.3 Å². The van der Waals surface area contributed by atoms with Gasteiger partial charge in [-0.3, -0.25) is 9.59 Å². The summed E-state index contributed by atoms with van der Waals surface area (Å²) in [5.74, 6) is -0.365. The van der Waals surface area contributed by atoms with Crippen LogP contribution in [-0.2, 0) is 20.7 Å². The number of ether oxygens (including phenoxy) is 1. The number of morpholine rings is 1. The van der Waals surface area contributed by atoms with E-state index in [4.69, 9.17) is 4.74 Å². The molecule has 0 bridgehead atoms. The van der Waals surface area contributed by atoms with Crippen LogP contribution in [0.15, 0.2) is 34.7 Å². The van der Waals surface area contributed by atoms with Crippen molar-refractivity contribution in [2.24, 2.45) is 5.10 Å². The number of amides is 2. The van der Waals surface area contributed by atoms with Gasteiger partial charge in [-0.2, -0.15) is 5.10 Å². The minimum Gasteiger partial charge on any atom is -0.378 e. The standard InChI is InChI=1S/C19H23N5O3S/c1-13(15-4-3-5-16(10-15)20-14(2)25)22-23-18(26)11-17-12-28-19(21-17)24-6-8-27-9-7-24/h3-5,10,12H,6-9,11H2,1-2H3,(H,20,25)(H,23,26)/b22-13-. The zero-order valence-corrected chi connectivity index (χ0v) is 16.7. The Hall–Kier alpha value is -2.78. The summed E-state index contributed by atoms with van der Waals surface area (Å²) in [7, 11) is 0. The lowest BCUT2D eigenvalue weighted by atomic mass is 10.1. The fourth-order valence-corrected chi connectivity index (χ4v) is 3.60. The Morgan fingerprint density at radius 1 is 1.29 bits per heavy atom. The first-order valence-corrected chi connectivity index (χ1v) is 9.87. The summed E-state index contributed by atoms with van der Waals surface area (Å²) in [5.41, 5.74) is 5.44. The lowest BCUT2D eigenvalue weighted by molar-refractivity contribution is -0.120. The van der Waals surface area contributed by atoms with Gasteiger partial charge >= 0.3 is 0 Å². The lowest BCUT2D eigenvalue weighted by Crippen LogP contribution is -2.36. The van der Waals surface area contributed by atoms with Crippen LogP contribution in [0.4, 0.5) is 10.8 Å². The summed E-state index contributed by atoms with van der Waals surface area (Å²) >= 11 is 1.53. The number of benzene rings is 1. The van der Waals surface area contributed by atoms with E-state index in [0.717, 1.165) is 29.5 Å². The largest absolute Gasteiger partial charge is 0.378 e. The summed E-state index contributed by atoms with van der Waals surface area (Å²) in [6.45, 7) is 6.29. The predicted octanol–water partition coefficient (Wildman–Crippen LogP) is 2.02. The van der Waals surface area contributed by atoms with Gasteiger partial charge in [0, 0.05) is 31.1 Å². The molecule has 8 nitrogen and oxygen atoms in total. The molecule has 0 atom stereocenters. The first-order valence-electron chi connectivity index (χ1n) is 8.99. The molecule has 1 fully saturated rings. The topological polar surface area (TPSA) is 95.9 Å². The highest BCUT2D eigenvalue weighted by molar-refractivity contribution is 7.13. The van der Waals surface area contributed by atoms with E-state index in [1.807, 2.05) is 17.5 Å². The van der Waals surface area contributed by atoms with Gasteiger partial charge in [-0.1, -0.05) is 12.1 Å². The Labute approximate surface area is 167 Å². The van der Waals surface area contributed by atoms with E-state index in [9.17, 15) is 9.59 Å². The molecule has 0 spiro atoms. The molecule has 0 unspecified atom stereocenters. The highest BCUT2D eigenvalue weighted by Gasteiger charge is 2.15. The van der Waals surface area contributed by atoms with Crippen LogP contribution < -0.4 is 15.6 Å². The van der Waals surface area contributed by atoms with Gasteiger partial charge in [0.15, 0.2) is 5.13 Å². The average Bonchev–Trinajstić information content (AvgIpc) is 3.15. The molecule has 2 N–H and O–H groups in total. The van der Waals surface area contributed by atoms with E-state index < -0.39 is 0 Å². The molecule has 0 saturated carbocycles. The van der Waals surface area contributed by atoms with Crippen molar-refractivity contribution in [1.82, 2.24) is 10.4 Å². The zero-order chi connectivity index (χ0) is 19.9. The Bertz CT molecular complexity index is 874. The third-order valence-electron chi connectivity index (χ3n) is 4.11. The molecule has 1 aromatic heterocycles. The van der Waals surface area contributed by atoms with Crippen molar-refractivity contribution < 1.29 is 14.3 Å². The maximum absolute atomic E-state index is 12.2. The number of hydrogen-bond donors (Lipinski definition) is 2. The highest BCUT2D eigenvalue weighted by atomic mass is 32.1. The van der Waals surface area contributed by atoms with E-state index in [-0.39, 0.29) is 18.2 Å². The number of hydrazone groups is 1. The number of aromatic nitrogens is 1. The van der Waals surface area contributed by atoms with Gasteiger partial charge in [-0.05, 0) is 24.6 Å². The molecule has 1 aliphatic heterocycles. The van der Waals surface area contributed by atoms with Crippen LogP contribution in [0.5, 0.6) is 0 Å². The number of nitrogens with one attached hydrogen (secondary N) is 2. The molecule has 28 heavy (non-hydrogen) atoms. The fraction of sp³-hybridized carbons (Fsp3) is 0.368. The molecule has 1 aliphatic rings. The van der Waals surface area contributed by atoms with Crippen LogP contribution in [0.25, 0.3) is 0 Å². The Morgan fingerprint density at radius 2 is 2.07 bits per heavy atom. The third kappa shape index (κ3) is 5.61. The molecule has 148 valence electrons. The molecular weight excluding hydrogens is 378 g/mol. The van der Waals surface area contributed by atoms with Crippen molar-refractivity contribution in [3.8, 4) is 0 Å². The van der Waals surface area contributed by atoms with E-state index >= 15 is 0 Å². The van der Waals surface area contributed by atoms with E-state index in [1.54, 1.807) is 19.1 Å². The second kappa shape index (κ2) is 9.43. The Kier molecular flexibility index (Phi) is 6.72. The number of carbonyl (C=O) groups excluding carboxylic acids is 2. The minimum absolute atomic E-state index is 0.139. The SMILES string of the molecule is CC(=O)Nc1cccc(/C(C)=N\NC(=O)Cc2csc(N3CCOCC3)n2)c1. The first-order chi connectivity index (χ1) is 13.5. The molecule has 0 aliphatic carbocycles. The van der Waals surface area contributed by atoms with Gasteiger partial charge in [-0.25, -0.2) is 10.4 Å². The van der Waals surface area contributed by atoms with Crippen molar-refractivity contribution in [3.63, 3.8) is 0 Å². The summed E-state index contributed by atoms with van der Waals surface area (Å²) < 4.78 is 5.35. The average molecular weight is 401 g/mol. The first kappa shape index (κ1) is 20.0.